The maximum atomic E-state index is 5.26. The molecular weight excluding hydrogens is 413 g/mol. The molecule has 5 aromatic rings. The van der Waals surface area contributed by atoms with E-state index in [0.717, 1.165) is 52.1 Å². The van der Waals surface area contributed by atoms with Gasteiger partial charge in [-0.05, 0) is 48.9 Å². The molecule has 0 fully saturated rings. The highest BCUT2D eigenvalue weighted by Gasteiger charge is 2.17. The van der Waals surface area contributed by atoms with Gasteiger partial charge in [-0.25, -0.2) is 14.5 Å². The van der Waals surface area contributed by atoms with E-state index in [1.54, 1.807) is 18.0 Å². The van der Waals surface area contributed by atoms with E-state index < -0.39 is 0 Å². The molecule has 0 spiro atoms. The molecule has 0 saturated carbocycles. The highest BCUT2D eigenvalue weighted by molar-refractivity contribution is 6.04. The third kappa shape index (κ3) is 4.49. The van der Waals surface area contributed by atoms with Crippen LogP contribution in [0.4, 0.5) is 0 Å². The summed E-state index contributed by atoms with van der Waals surface area (Å²) < 4.78 is 7.02. The summed E-state index contributed by atoms with van der Waals surface area (Å²) in [6.07, 6.45) is 3.51. The summed E-state index contributed by atoms with van der Waals surface area (Å²) in [5.74, 6) is 1.73. The Kier molecular flexibility index (Phi) is 5.62. The SMILES string of the molecule is BN(Cc1ccc(OC)cc1)Cc1nc(-c2cccc(C)n2)c(-c2ccc3ncnn3c2)[nH]1. The van der Waals surface area contributed by atoms with E-state index in [0.29, 0.717) is 6.54 Å². The van der Waals surface area contributed by atoms with Crippen LogP contribution in [0.15, 0.2) is 67.1 Å². The summed E-state index contributed by atoms with van der Waals surface area (Å²) in [5, 5.41) is 4.27. The molecule has 0 amide bonds. The number of fused-ring (bicyclic) bond motifs is 1. The molecule has 0 aliphatic carbocycles. The number of hydrogen-bond acceptors (Lipinski definition) is 6. The van der Waals surface area contributed by atoms with Crippen molar-refractivity contribution in [1.29, 1.82) is 0 Å². The molecule has 1 N–H and O–H groups in total. The molecule has 4 aromatic heterocycles. The standard InChI is InChI=1S/C24H24BN7O/c1-16-4-3-5-20(28-16)24-23(18-8-11-22-26-15-27-32(22)13-18)29-21(30-24)14-31(25)12-17-6-9-19(33-2)10-7-17/h3-11,13,15H,12,14,25H2,1-2H3,(H,29,30). The quantitative estimate of drug-likeness (QED) is 0.394. The van der Waals surface area contributed by atoms with Gasteiger partial charge in [0.1, 0.15) is 23.6 Å². The number of imidazole rings is 1. The van der Waals surface area contributed by atoms with Crippen molar-refractivity contribution in [3.8, 4) is 28.4 Å². The molecule has 9 heteroatoms. The van der Waals surface area contributed by atoms with Gasteiger partial charge in [0.15, 0.2) is 13.6 Å². The minimum absolute atomic E-state index is 0.663. The second-order valence-electron chi connectivity index (χ2n) is 8.07. The van der Waals surface area contributed by atoms with Crippen molar-refractivity contribution < 1.29 is 4.74 Å². The lowest BCUT2D eigenvalue weighted by atomic mass is 10.1. The van der Waals surface area contributed by atoms with Gasteiger partial charge in [-0.3, -0.25) is 4.98 Å². The Morgan fingerprint density at radius 3 is 2.67 bits per heavy atom. The van der Waals surface area contributed by atoms with Crippen molar-refractivity contribution in [2.75, 3.05) is 7.11 Å². The molecule has 0 aliphatic rings. The van der Waals surface area contributed by atoms with Crippen LogP contribution in [0.5, 0.6) is 5.75 Å². The van der Waals surface area contributed by atoms with Crippen LogP contribution < -0.4 is 4.74 Å². The molecule has 0 unspecified atom stereocenters. The Morgan fingerprint density at radius 1 is 1.03 bits per heavy atom. The monoisotopic (exact) mass is 437 g/mol. The summed E-state index contributed by atoms with van der Waals surface area (Å²) in [6, 6.07) is 18.1. The average molecular weight is 437 g/mol. The van der Waals surface area contributed by atoms with Crippen molar-refractivity contribution >= 4 is 13.6 Å². The van der Waals surface area contributed by atoms with E-state index in [4.69, 9.17) is 14.7 Å². The summed E-state index contributed by atoms with van der Waals surface area (Å²) >= 11 is 0. The Balaban J connectivity index is 1.46. The molecule has 33 heavy (non-hydrogen) atoms. The first-order chi connectivity index (χ1) is 16.1. The lowest BCUT2D eigenvalue weighted by molar-refractivity contribution is 0.412. The van der Waals surface area contributed by atoms with E-state index in [-0.39, 0.29) is 0 Å². The van der Waals surface area contributed by atoms with Crippen LogP contribution in [0.2, 0.25) is 0 Å². The first-order valence-corrected chi connectivity index (χ1v) is 10.7. The number of aromatic nitrogens is 6. The van der Waals surface area contributed by atoms with Crippen LogP contribution in [0.1, 0.15) is 17.1 Å². The molecule has 5 rings (SSSR count). The largest absolute Gasteiger partial charge is 0.497 e. The molecule has 0 aliphatic heterocycles. The topological polar surface area (TPSA) is 84.2 Å². The first-order valence-electron chi connectivity index (χ1n) is 10.7. The van der Waals surface area contributed by atoms with Gasteiger partial charge in [-0.1, -0.05) is 18.2 Å². The summed E-state index contributed by atoms with van der Waals surface area (Å²) in [4.78, 5) is 19.7. The summed E-state index contributed by atoms with van der Waals surface area (Å²) in [5.41, 5.74) is 6.51. The molecule has 4 heterocycles. The second kappa shape index (κ2) is 8.87. The number of H-pyrrole nitrogens is 1. The van der Waals surface area contributed by atoms with Crippen LogP contribution in [0.25, 0.3) is 28.3 Å². The molecule has 1 aromatic carbocycles. The smallest absolute Gasteiger partial charge is 0.186 e. The van der Waals surface area contributed by atoms with Gasteiger partial charge in [0, 0.05) is 30.5 Å². The van der Waals surface area contributed by atoms with Crippen molar-refractivity contribution in [1.82, 2.24) is 34.4 Å². The van der Waals surface area contributed by atoms with Crippen LogP contribution in [-0.2, 0) is 13.1 Å². The number of pyridine rings is 2. The number of benzene rings is 1. The lowest BCUT2D eigenvalue weighted by Crippen LogP contribution is -2.19. The molecule has 0 radical (unpaired) electrons. The second-order valence-corrected chi connectivity index (χ2v) is 8.07. The van der Waals surface area contributed by atoms with E-state index in [1.807, 2.05) is 55.6 Å². The number of rotatable bonds is 7. The van der Waals surface area contributed by atoms with Crippen LogP contribution in [0, 0.1) is 6.92 Å². The molecule has 0 bridgehead atoms. The van der Waals surface area contributed by atoms with Gasteiger partial charge in [0.05, 0.1) is 18.5 Å². The number of aromatic amines is 1. The van der Waals surface area contributed by atoms with E-state index in [1.165, 1.54) is 5.56 Å². The van der Waals surface area contributed by atoms with Gasteiger partial charge in [-0.15, -0.1) is 0 Å². The van der Waals surface area contributed by atoms with E-state index in [9.17, 15) is 0 Å². The van der Waals surface area contributed by atoms with Crippen molar-refractivity contribution in [3.63, 3.8) is 0 Å². The number of ether oxygens (including phenoxy) is 1. The Hall–Kier alpha value is -3.98. The highest BCUT2D eigenvalue weighted by atomic mass is 16.5. The maximum absolute atomic E-state index is 5.26. The molecule has 164 valence electrons. The van der Waals surface area contributed by atoms with Gasteiger partial charge in [-0.2, -0.15) is 5.10 Å². The lowest BCUT2D eigenvalue weighted by Gasteiger charge is -2.16. The van der Waals surface area contributed by atoms with Crippen molar-refractivity contribution in [2.24, 2.45) is 0 Å². The maximum Gasteiger partial charge on any atom is 0.186 e. The summed E-state index contributed by atoms with van der Waals surface area (Å²) in [6.45, 7) is 3.44. The fraction of sp³-hybridized carbons (Fsp3) is 0.167. The number of aryl methyl sites for hydroxylation is 1. The zero-order valence-corrected chi connectivity index (χ0v) is 18.9. The van der Waals surface area contributed by atoms with Gasteiger partial charge in [0.25, 0.3) is 0 Å². The fourth-order valence-electron chi connectivity index (χ4n) is 3.89. The first kappa shape index (κ1) is 20.9. The number of methoxy groups -OCH3 is 1. The minimum atomic E-state index is 0.663. The normalized spacial score (nSPS) is 11.4. The third-order valence-electron chi connectivity index (χ3n) is 5.48. The van der Waals surface area contributed by atoms with Crippen molar-refractivity contribution in [2.45, 2.75) is 20.0 Å². The van der Waals surface area contributed by atoms with Crippen LogP contribution in [-0.4, -0.2) is 49.5 Å². The predicted molar refractivity (Wildman–Crippen MR) is 129 cm³/mol. The van der Waals surface area contributed by atoms with E-state index >= 15 is 0 Å². The highest BCUT2D eigenvalue weighted by Crippen LogP contribution is 2.29. The molecule has 8 nitrogen and oxygen atoms in total. The third-order valence-corrected chi connectivity index (χ3v) is 5.48. The molecule has 0 atom stereocenters. The number of hydrogen-bond donors (Lipinski definition) is 1. The summed E-state index contributed by atoms with van der Waals surface area (Å²) in [7, 11) is 3.76. The van der Waals surface area contributed by atoms with Crippen molar-refractivity contribution in [3.05, 3.63) is 84.2 Å². The van der Waals surface area contributed by atoms with Gasteiger partial charge in [0.2, 0.25) is 0 Å². The van der Waals surface area contributed by atoms with Gasteiger partial charge < -0.3 is 14.5 Å². The predicted octanol–water partition coefficient (Wildman–Crippen LogP) is 3.05. The fourth-order valence-corrected chi connectivity index (χ4v) is 3.89. The van der Waals surface area contributed by atoms with E-state index in [2.05, 4.69) is 40.0 Å². The van der Waals surface area contributed by atoms with Gasteiger partial charge >= 0.3 is 0 Å². The van der Waals surface area contributed by atoms with Crippen LogP contribution in [0.3, 0.4) is 0 Å². The average Bonchev–Trinajstić information content (AvgIpc) is 3.46. The number of nitrogens with one attached hydrogen (secondary N) is 1. The van der Waals surface area contributed by atoms with Crippen LogP contribution >= 0.6 is 0 Å². The Morgan fingerprint density at radius 2 is 1.88 bits per heavy atom. The number of nitrogens with zero attached hydrogens (tertiary/aromatic N) is 6. The Bertz CT molecular complexity index is 1390. The zero-order chi connectivity index (χ0) is 22.8. The molecule has 0 saturated heterocycles. The zero-order valence-electron chi connectivity index (χ0n) is 18.9. The Labute approximate surface area is 192 Å². The molecular formula is C24H24BN7O. The minimum Gasteiger partial charge on any atom is -0.497 e.